The molecule has 2 aromatic carbocycles. The molecule has 1 atom stereocenters. The van der Waals surface area contributed by atoms with Crippen molar-refractivity contribution in [2.45, 2.75) is 32.1 Å². The lowest BCUT2D eigenvalue weighted by atomic mass is 9.87. The molecule has 1 amide bonds. The third-order valence-corrected chi connectivity index (χ3v) is 6.89. The lowest BCUT2D eigenvalue weighted by Crippen LogP contribution is -2.50. The molecule has 6 nitrogen and oxygen atoms in total. The lowest BCUT2D eigenvalue weighted by molar-refractivity contribution is -0.143. The molecule has 2 heterocycles. The lowest BCUT2D eigenvalue weighted by Gasteiger charge is -2.35. The number of hydrogen-bond donors (Lipinski definition) is 0. The standard InChI is InChI=1S/C27H33F2N3O3.2ClH/c1-2-27(34)35-17-16-30-12-14-31(15-13-30)19-26(33)32-11-3-4-23(20-5-7-21(28)8-6-20)24-10-9-22(29)18-25(24)32;;/h5-10,18,23H,2-4,11-17,19H2,1H3;2*1H. The summed E-state index contributed by atoms with van der Waals surface area (Å²) in [4.78, 5) is 30.8. The summed E-state index contributed by atoms with van der Waals surface area (Å²) in [6, 6.07) is 11.1. The maximum Gasteiger partial charge on any atom is 0.305 e. The molecular weight excluding hydrogens is 523 g/mol. The molecular formula is C27H35Cl2F2N3O3. The quantitative estimate of drug-likeness (QED) is 0.464. The zero-order valence-electron chi connectivity index (χ0n) is 21.0. The number of rotatable bonds is 7. The number of anilines is 1. The van der Waals surface area contributed by atoms with Crippen LogP contribution < -0.4 is 4.90 Å². The van der Waals surface area contributed by atoms with E-state index in [1.807, 2.05) is 0 Å². The van der Waals surface area contributed by atoms with Crippen molar-refractivity contribution in [3.8, 4) is 0 Å². The summed E-state index contributed by atoms with van der Waals surface area (Å²) in [5.41, 5.74) is 2.47. The molecule has 0 spiro atoms. The molecule has 0 aromatic heterocycles. The van der Waals surface area contributed by atoms with Crippen molar-refractivity contribution in [3.05, 3.63) is 65.2 Å². The van der Waals surface area contributed by atoms with E-state index in [1.165, 1.54) is 24.3 Å². The molecule has 37 heavy (non-hydrogen) atoms. The Morgan fingerprint density at radius 2 is 1.57 bits per heavy atom. The summed E-state index contributed by atoms with van der Waals surface area (Å²) in [6.45, 7) is 6.74. The van der Waals surface area contributed by atoms with E-state index in [0.29, 0.717) is 31.8 Å². The van der Waals surface area contributed by atoms with Gasteiger partial charge in [0.05, 0.1) is 12.2 Å². The van der Waals surface area contributed by atoms with Gasteiger partial charge in [0.25, 0.3) is 0 Å². The number of piperazine rings is 1. The van der Waals surface area contributed by atoms with Crippen molar-refractivity contribution in [3.63, 3.8) is 0 Å². The Kier molecular flexibility index (Phi) is 12.2. The Balaban J connectivity index is 0.00000241. The van der Waals surface area contributed by atoms with E-state index in [-0.39, 0.29) is 60.8 Å². The first-order valence-electron chi connectivity index (χ1n) is 12.4. The number of ether oxygens (including phenoxy) is 1. The predicted molar refractivity (Wildman–Crippen MR) is 145 cm³/mol. The largest absolute Gasteiger partial charge is 0.464 e. The number of halogens is 4. The van der Waals surface area contributed by atoms with E-state index in [4.69, 9.17) is 4.74 Å². The number of carbonyl (C=O) groups is 2. The van der Waals surface area contributed by atoms with Crippen molar-refractivity contribution in [2.75, 3.05) is 57.3 Å². The van der Waals surface area contributed by atoms with Crippen LogP contribution in [0.2, 0.25) is 0 Å². The van der Waals surface area contributed by atoms with E-state index >= 15 is 0 Å². The minimum absolute atomic E-state index is 0. The normalized spacial score (nSPS) is 18.1. The number of esters is 1. The molecule has 0 N–H and O–H groups in total. The highest BCUT2D eigenvalue weighted by atomic mass is 35.5. The van der Waals surface area contributed by atoms with Gasteiger partial charge in [-0.05, 0) is 48.2 Å². The van der Waals surface area contributed by atoms with Crippen LogP contribution in [0.25, 0.3) is 0 Å². The first-order chi connectivity index (χ1) is 16.9. The van der Waals surface area contributed by atoms with Gasteiger partial charge >= 0.3 is 5.97 Å². The molecule has 4 rings (SSSR count). The molecule has 10 heteroatoms. The van der Waals surface area contributed by atoms with Crippen LogP contribution in [0, 0.1) is 11.6 Å². The number of carbonyl (C=O) groups excluding carboxylic acids is 2. The Bertz CT molecular complexity index is 1030. The van der Waals surface area contributed by atoms with E-state index in [9.17, 15) is 18.4 Å². The fourth-order valence-electron chi connectivity index (χ4n) is 4.91. The maximum atomic E-state index is 14.3. The van der Waals surface area contributed by atoms with Gasteiger partial charge < -0.3 is 9.64 Å². The smallest absolute Gasteiger partial charge is 0.305 e. The van der Waals surface area contributed by atoms with Crippen LogP contribution in [-0.2, 0) is 14.3 Å². The van der Waals surface area contributed by atoms with E-state index in [0.717, 1.165) is 50.1 Å². The van der Waals surface area contributed by atoms with Crippen LogP contribution in [0.5, 0.6) is 0 Å². The van der Waals surface area contributed by atoms with Gasteiger partial charge in [-0.25, -0.2) is 8.78 Å². The van der Waals surface area contributed by atoms with Gasteiger partial charge in [0, 0.05) is 51.6 Å². The van der Waals surface area contributed by atoms with Crippen LogP contribution in [0.15, 0.2) is 42.5 Å². The van der Waals surface area contributed by atoms with Gasteiger partial charge in [0.1, 0.15) is 18.2 Å². The second-order valence-corrected chi connectivity index (χ2v) is 9.19. The first-order valence-corrected chi connectivity index (χ1v) is 12.4. The van der Waals surface area contributed by atoms with Gasteiger partial charge in [-0.15, -0.1) is 24.8 Å². The summed E-state index contributed by atoms with van der Waals surface area (Å²) >= 11 is 0. The highest BCUT2D eigenvalue weighted by Crippen LogP contribution is 2.39. The molecule has 0 aliphatic carbocycles. The summed E-state index contributed by atoms with van der Waals surface area (Å²) in [5.74, 6) is -0.916. The van der Waals surface area contributed by atoms with Crippen molar-refractivity contribution in [2.24, 2.45) is 0 Å². The first kappa shape index (κ1) is 31.0. The Labute approximate surface area is 229 Å². The molecule has 204 valence electrons. The summed E-state index contributed by atoms with van der Waals surface area (Å²) < 4.78 is 32.9. The molecule has 2 aliphatic rings. The Hall–Kier alpha value is -2.26. The number of amides is 1. The second kappa shape index (κ2) is 14.6. The van der Waals surface area contributed by atoms with Crippen LogP contribution in [0.4, 0.5) is 14.5 Å². The zero-order valence-corrected chi connectivity index (χ0v) is 22.7. The zero-order chi connectivity index (χ0) is 24.8. The molecule has 2 aromatic rings. The van der Waals surface area contributed by atoms with E-state index in [2.05, 4.69) is 9.80 Å². The Morgan fingerprint density at radius 3 is 2.24 bits per heavy atom. The second-order valence-electron chi connectivity index (χ2n) is 9.19. The van der Waals surface area contributed by atoms with Crippen LogP contribution >= 0.6 is 24.8 Å². The predicted octanol–water partition coefficient (Wildman–Crippen LogP) is 4.64. The van der Waals surface area contributed by atoms with Crippen LogP contribution in [0.3, 0.4) is 0 Å². The molecule has 1 unspecified atom stereocenters. The summed E-state index contributed by atoms with van der Waals surface area (Å²) in [6.07, 6.45) is 1.95. The fraction of sp³-hybridized carbons (Fsp3) is 0.481. The maximum absolute atomic E-state index is 14.3. The average Bonchev–Trinajstić information content (AvgIpc) is 3.05. The van der Waals surface area contributed by atoms with Crippen LogP contribution in [-0.4, -0.2) is 74.1 Å². The van der Waals surface area contributed by atoms with Gasteiger partial charge in [-0.3, -0.25) is 19.4 Å². The number of hydrogen-bond acceptors (Lipinski definition) is 5. The average molecular weight is 558 g/mol. The molecule has 0 bridgehead atoms. The molecule has 1 fully saturated rings. The number of fused-ring (bicyclic) bond motifs is 1. The van der Waals surface area contributed by atoms with Crippen molar-refractivity contribution < 1.29 is 23.1 Å². The van der Waals surface area contributed by atoms with Gasteiger partial charge in [-0.2, -0.15) is 0 Å². The van der Waals surface area contributed by atoms with Crippen LogP contribution in [0.1, 0.15) is 43.2 Å². The van der Waals surface area contributed by atoms with Crippen molar-refractivity contribution in [1.29, 1.82) is 0 Å². The van der Waals surface area contributed by atoms with E-state index < -0.39 is 0 Å². The van der Waals surface area contributed by atoms with Gasteiger partial charge in [0.2, 0.25) is 5.91 Å². The molecule has 2 aliphatic heterocycles. The monoisotopic (exact) mass is 557 g/mol. The minimum atomic E-state index is -0.376. The summed E-state index contributed by atoms with van der Waals surface area (Å²) in [7, 11) is 0. The highest BCUT2D eigenvalue weighted by molar-refractivity contribution is 5.96. The Morgan fingerprint density at radius 1 is 0.919 bits per heavy atom. The van der Waals surface area contributed by atoms with Crippen molar-refractivity contribution >= 4 is 42.4 Å². The van der Waals surface area contributed by atoms with Gasteiger partial charge in [0.15, 0.2) is 0 Å². The highest BCUT2D eigenvalue weighted by Gasteiger charge is 2.29. The topological polar surface area (TPSA) is 53.1 Å². The van der Waals surface area contributed by atoms with Crippen molar-refractivity contribution in [1.82, 2.24) is 9.80 Å². The number of benzene rings is 2. The van der Waals surface area contributed by atoms with Gasteiger partial charge in [-0.1, -0.05) is 25.1 Å². The molecule has 0 saturated carbocycles. The van der Waals surface area contributed by atoms with E-state index in [1.54, 1.807) is 30.0 Å². The minimum Gasteiger partial charge on any atom is -0.464 e. The summed E-state index contributed by atoms with van der Waals surface area (Å²) in [5, 5.41) is 0. The fourth-order valence-corrected chi connectivity index (χ4v) is 4.91. The molecule has 1 saturated heterocycles. The number of nitrogens with zero attached hydrogens (tertiary/aromatic N) is 3. The SMILES string of the molecule is CCC(=O)OCCN1CCN(CC(=O)N2CCCC(c3ccc(F)cc3)c3ccc(F)cc32)CC1.Cl.Cl. The molecule has 0 radical (unpaired) electrons. The third kappa shape index (κ3) is 8.11. The third-order valence-electron chi connectivity index (χ3n) is 6.89.